The van der Waals surface area contributed by atoms with Gasteiger partial charge in [-0.3, -0.25) is 9.59 Å². The average Bonchev–Trinajstić information content (AvgIpc) is 2.79. The Bertz CT molecular complexity index is 430. The summed E-state index contributed by atoms with van der Waals surface area (Å²) < 4.78 is 0. The maximum Gasteiger partial charge on any atom is 0.261 e. The van der Waals surface area contributed by atoms with E-state index in [9.17, 15) is 9.59 Å². The van der Waals surface area contributed by atoms with Crippen molar-refractivity contribution in [2.24, 2.45) is 5.73 Å². The van der Waals surface area contributed by atoms with Gasteiger partial charge in [0.25, 0.3) is 5.91 Å². The van der Waals surface area contributed by atoms with E-state index in [-0.39, 0.29) is 24.4 Å². The fourth-order valence-electron chi connectivity index (χ4n) is 1.82. The minimum Gasteiger partial charge on any atom is -0.366 e. The Hall–Kier alpha value is -1.11. The van der Waals surface area contributed by atoms with Crippen molar-refractivity contribution < 1.29 is 9.59 Å². The molecule has 2 rings (SSSR count). The van der Waals surface area contributed by atoms with E-state index in [2.05, 4.69) is 10.6 Å². The van der Waals surface area contributed by atoms with Crippen molar-refractivity contribution in [3.63, 3.8) is 0 Å². The van der Waals surface area contributed by atoms with E-state index in [0.29, 0.717) is 10.4 Å². The highest BCUT2D eigenvalue weighted by atomic mass is 35.5. The maximum absolute atomic E-state index is 11.9. The van der Waals surface area contributed by atoms with Gasteiger partial charge in [0, 0.05) is 18.0 Å². The molecule has 2 amide bonds. The van der Waals surface area contributed by atoms with Crippen LogP contribution in [0.15, 0.2) is 11.4 Å². The molecule has 1 aromatic rings. The van der Waals surface area contributed by atoms with E-state index in [1.54, 1.807) is 11.4 Å². The fourth-order valence-corrected chi connectivity index (χ4v) is 2.62. The SMILES string of the molecule is Cl.NC(=O)c1csc(C(=O)N[C@H]2CCCNC2)c1. The standard InChI is InChI=1S/C11H15N3O2S.ClH/c12-10(15)7-4-9(17-6-7)11(16)14-8-2-1-3-13-5-8;/h4,6,8,13H,1-3,5H2,(H2,12,15)(H,14,16);1H/t8-;/m0./s1. The van der Waals surface area contributed by atoms with Crippen LogP contribution in [0.3, 0.4) is 0 Å². The first-order chi connectivity index (χ1) is 8.16. The first kappa shape index (κ1) is 14.9. The molecule has 0 bridgehead atoms. The number of thiophene rings is 1. The minimum absolute atomic E-state index is 0. The Morgan fingerprint density at radius 3 is 2.83 bits per heavy atom. The summed E-state index contributed by atoms with van der Waals surface area (Å²) in [5.74, 6) is -0.629. The first-order valence-electron chi connectivity index (χ1n) is 5.57. The number of primary amides is 1. The van der Waals surface area contributed by atoms with Gasteiger partial charge in [-0.15, -0.1) is 23.7 Å². The zero-order chi connectivity index (χ0) is 12.3. The van der Waals surface area contributed by atoms with Crippen LogP contribution in [0.1, 0.15) is 32.9 Å². The van der Waals surface area contributed by atoms with Gasteiger partial charge in [0.05, 0.1) is 10.4 Å². The zero-order valence-electron chi connectivity index (χ0n) is 9.77. The van der Waals surface area contributed by atoms with Gasteiger partial charge in [0.2, 0.25) is 5.91 Å². The zero-order valence-corrected chi connectivity index (χ0v) is 11.4. The molecule has 1 aliphatic heterocycles. The number of hydrogen-bond donors (Lipinski definition) is 3. The molecule has 7 heteroatoms. The van der Waals surface area contributed by atoms with E-state index >= 15 is 0 Å². The topological polar surface area (TPSA) is 84.2 Å². The van der Waals surface area contributed by atoms with Gasteiger partial charge in [-0.1, -0.05) is 0 Å². The van der Waals surface area contributed by atoms with Crippen molar-refractivity contribution in [1.82, 2.24) is 10.6 Å². The Morgan fingerprint density at radius 2 is 2.28 bits per heavy atom. The quantitative estimate of drug-likeness (QED) is 0.768. The number of rotatable bonds is 3. The molecule has 4 N–H and O–H groups in total. The van der Waals surface area contributed by atoms with E-state index in [4.69, 9.17) is 5.73 Å². The summed E-state index contributed by atoms with van der Waals surface area (Å²) in [5.41, 5.74) is 5.53. The highest BCUT2D eigenvalue weighted by Crippen LogP contribution is 2.14. The van der Waals surface area contributed by atoms with Crippen molar-refractivity contribution >= 4 is 35.6 Å². The van der Waals surface area contributed by atoms with Gasteiger partial charge in [-0.2, -0.15) is 0 Å². The molecule has 1 aromatic heterocycles. The molecule has 0 spiro atoms. The van der Waals surface area contributed by atoms with E-state index in [1.165, 1.54) is 11.3 Å². The van der Waals surface area contributed by atoms with Crippen LogP contribution in [0, 0.1) is 0 Å². The highest BCUT2D eigenvalue weighted by Gasteiger charge is 2.18. The first-order valence-corrected chi connectivity index (χ1v) is 6.44. The van der Waals surface area contributed by atoms with Crippen LogP contribution in [0.5, 0.6) is 0 Å². The Morgan fingerprint density at radius 1 is 1.50 bits per heavy atom. The van der Waals surface area contributed by atoms with Gasteiger partial charge < -0.3 is 16.4 Å². The fraction of sp³-hybridized carbons (Fsp3) is 0.455. The minimum atomic E-state index is -0.500. The number of hydrogen-bond acceptors (Lipinski definition) is 4. The number of nitrogens with one attached hydrogen (secondary N) is 2. The number of halogens is 1. The number of carbonyl (C=O) groups is 2. The number of nitrogens with two attached hydrogens (primary N) is 1. The van der Waals surface area contributed by atoms with Crippen molar-refractivity contribution in [3.05, 3.63) is 21.9 Å². The van der Waals surface area contributed by atoms with Crippen LogP contribution < -0.4 is 16.4 Å². The van der Waals surface area contributed by atoms with Crippen LogP contribution in [0.25, 0.3) is 0 Å². The van der Waals surface area contributed by atoms with E-state index < -0.39 is 5.91 Å². The molecule has 0 unspecified atom stereocenters. The van der Waals surface area contributed by atoms with Crippen LogP contribution in [-0.4, -0.2) is 30.9 Å². The molecule has 18 heavy (non-hydrogen) atoms. The second-order valence-corrected chi connectivity index (χ2v) is 4.99. The summed E-state index contributed by atoms with van der Waals surface area (Å²) in [6, 6.07) is 1.72. The third-order valence-electron chi connectivity index (χ3n) is 2.74. The summed E-state index contributed by atoms with van der Waals surface area (Å²) in [4.78, 5) is 23.3. The summed E-state index contributed by atoms with van der Waals surface area (Å²) in [6.07, 6.45) is 2.06. The smallest absolute Gasteiger partial charge is 0.261 e. The monoisotopic (exact) mass is 289 g/mol. The second-order valence-electron chi connectivity index (χ2n) is 4.08. The number of amides is 2. The Kier molecular flexibility index (Phi) is 5.58. The summed E-state index contributed by atoms with van der Waals surface area (Å²) in [5, 5.41) is 7.78. The lowest BCUT2D eigenvalue weighted by atomic mass is 10.1. The molecule has 0 saturated carbocycles. The van der Waals surface area contributed by atoms with Crippen LogP contribution in [-0.2, 0) is 0 Å². The summed E-state index contributed by atoms with van der Waals surface area (Å²) >= 11 is 1.24. The van der Waals surface area contributed by atoms with Gasteiger partial charge >= 0.3 is 0 Å². The molecular formula is C11H16ClN3O2S. The molecule has 1 fully saturated rings. The third kappa shape index (κ3) is 3.69. The summed E-state index contributed by atoms with van der Waals surface area (Å²) in [7, 11) is 0. The lowest BCUT2D eigenvalue weighted by Gasteiger charge is -2.23. The average molecular weight is 290 g/mol. The van der Waals surface area contributed by atoms with Crippen molar-refractivity contribution in [1.29, 1.82) is 0 Å². The maximum atomic E-state index is 11.9. The van der Waals surface area contributed by atoms with E-state index in [0.717, 1.165) is 25.9 Å². The molecule has 0 radical (unpaired) electrons. The van der Waals surface area contributed by atoms with E-state index in [1.807, 2.05) is 0 Å². The van der Waals surface area contributed by atoms with Gasteiger partial charge in [0.1, 0.15) is 0 Å². The molecule has 2 heterocycles. The number of carbonyl (C=O) groups excluding carboxylic acids is 2. The van der Waals surface area contributed by atoms with Crippen LogP contribution in [0.4, 0.5) is 0 Å². The molecular weight excluding hydrogens is 274 g/mol. The molecule has 0 aromatic carbocycles. The predicted octanol–water partition coefficient (Wildman–Crippen LogP) is 0.751. The lowest BCUT2D eigenvalue weighted by molar-refractivity contribution is 0.0934. The molecule has 1 saturated heterocycles. The predicted molar refractivity (Wildman–Crippen MR) is 73.4 cm³/mol. The largest absolute Gasteiger partial charge is 0.366 e. The molecule has 0 aliphatic carbocycles. The van der Waals surface area contributed by atoms with Gasteiger partial charge in [-0.05, 0) is 25.5 Å². The van der Waals surface area contributed by atoms with Crippen LogP contribution >= 0.6 is 23.7 Å². The Labute approximate surface area is 116 Å². The highest BCUT2D eigenvalue weighted by molar-refractivity contribution is 7.12. The normalized spacial score (nSPS) is 18.8. The molecule has 1 aliphatic rings. The molecule has 1 atom stereocenters. The Balaban J connectivity index is 0.00000162. The molecule has 100 valence electrons. The third-order valence-corrected chi connectivity index (χ3v) is 3.67. The van der Waals surface area contributed by atoms with Crippen molar-refractivity contribution in [2.75, 3.05) is 13.1 Å². The van der Waals surface area contributed by atoms with Crippen molar-refractivity contribution in [3.8, 4) is 0 Å². The van der Waals surface area contributed by atoms with Gasteiger partial charge in [0.15, 0.2) is 0 Å². The second kappa shape index (κ2) is 6.72. The lowest BCUT2D eigenvalue weighted by Crippen LogP contribution is -2.45. The summed E-state index contributed by atoms with van der Waals surface area (Å²) in [6.45, 7) is 1.82. The number of piperidine rings is 1. The van der Waals surface area contributed by atoms with Crippen molar-refractivity contribution in [2.45, 2.75) is 18.9 Å². The molecule has 5 nitrogen and oxygen atoms in total. The van der Waals surface area contributed by atoms with Crippen LogP contribution in [0.2, 0.25) is 0 Å². The van der Waals surface area contributed by atoms with Gasteiger partial charge in [-0.25, -0.2) is 0 Å².